The third kappa shape index (κ3) is 4.10. The molecule has 8 heteroatoms. The first-order valence-electron chi connectivity index (χ1n) is 11.0. The van der Waals surface area contributed by atoms with Gasteiger partial charge in [-0.3, -0.25) is 9.59 Å². The van der Waals surface area contributed by atoms with E-state index in [2.05, 4.69) is 18.7 Å². The van der Waals surface area contributed by atoms with Crippen molar-refractivity contribution in [1.29, 1.82) is 0 Å². The van der Waals surface area contributed by atoms with Gasteiger partial charge in [-0.1, -0.05) is 13.8 Å². The van der Waals surface area contributed by atoms with E-state index in [0.717, 1.165) is 19.6 Å². The molecule has 0 aliphatic carbocycles. The Morgan fingerprint density at radius 2 is 1.88 bits per heavy atom. The number of aliphatic hydroxyl groups excluding tert-OH is 1. The van der Waals surface area contributed by atoms with E-state index in [4.69, 9.17) is 13.9 Å². The second-order valence-corrected chi connectivity index (χ2v) is 7.75. The summed E-state index contributed by atoms with van der Waals surface area (Å²) in [6.07, 6.45) is 2.20. The number of likely N-dealkylation sites (tertiary alicyclic amines) is 1. The van der Waals surface area contributed by atoms with Crippen molar-refractivity contribution in [3.8, 4) is 11.5 Å². The summed E-state index contributed by atoms with van der Waals surface area (Å²) in [5.74, 6) is -0.110. The molecule has 2 aliphatic rings. The van der Waals surface area contributed by atoms with E-state index >= 15 is 0 Å². The number of aliphatic hydroxyl groups is 1. The second-order valence-electron chi connectivity index (χ2n) is 7.75. The van der Waals surface area contributed by atoms with E-state index in [9.17, 15) is 14.7 Å². The Morgan fingerprint density at radius 1 is 1.12 bits per heavy atom. The Morgan fingerprint density at radius 3 is 2.56 bits per heavy atom. The minimum absolute atomic E-state index is 0.0180. The van der Waals surface area contributed by atoms with Crippen LogP contribution < -0.4 is 9.47 Å². The molecule has 3 heterocycles. The minimum atomic E-state index is -0.782. The van der Waals surface area contributed by atoms with E-state index in [1.165, 1.54) is 11.2 Å². The zero-order chi connectivity index (χ0) is 22.7. The molecule has 0 unspecified atom stereocenters. The molecule has 0 radical (unpaired) electrons. The molecule has 2 aliphatic heterocycles. The molecule has 1 N–H and O–H groups in total. The average Bonchev–Trinajstić information content (AvgIpc) is 3.43. The van der Waals surface area contributed by atoms with Gasteiger partial charge in [-0.2, -0.15) is 0 Å². The first-order valence-corrected chi connectivity index (χ1v) is 11.0. The summed E-state index contributed by atoms with van der Waals surface area (Å²) in [6, 6.07) is 7.59. The predicted octanol–water partition coefficient (Wildman–Crippen LogP) is 3.20. The minimum Gasteiger partial charge on any atom is -0.507 e. The van der Waals surface area contributed by atoms with Gasteiger partial charge in [-0.25, -0.2) is 0 Å². The quantitative estimate of drug-likeness (QED) is 0.383. The molecule has 0 spiro atoms. The van der Waals surface area contributed by atoms with Crippen molar-refractivity contribution < 1.29 is 28.6 Å². The Labute approximate surface area is 187 Å². The van der Waals surface area contributed by atoms with Crippen LogP contribution in [0.3, 0.4) is 0 Å². The van der Waals surface area contributed by atoms with E-state index in [1.807, 2.05) is 0 Å². The first kappa shape index (κ1) is 22.0. The molecule has 4 rings (SSSR count). The topological polar surface area (TPSA) is 92.5 Å². The summed E-state index contributed by atoms with van der Waals surface area (Å²) in [4.78, 5) is 29.7. The number of rotatable bonds is 8. The molecule has 1 fully saturated rings. The molecule has 0 saturated carbocycles. The number of carbonyl (C=O) groups excluding carboxylic acids is 2. The summed E-state index contributed by atoms with van der Waals surface area (Å²) in [5.41, 5.74) is 0.399. The molecule has 1 amide bonds. The number of carbonyl (C=O) groups is 2. The van der Waals surface area contributed by atoms with Gasteiger partial charge in [-0.15, -0.1) is 0 Å². The van der Waals surface area contributed by atoms with Gasteiger partial charge in [0.1, 0.15) is 30.8 Å². The molecule has 1 aromatic carbocycles. The van der Waals surface area contributed by atoms with Gasteiger partial charge in [0.2, 0.25) is 0 Å². The lowest BCUT2D eigenvalue weighted by Gasteiger charge is -2.25. The monoisotopic (exact) mass is 440 g/mol. The van der Waals surface area contributed by atoms with Crippen LogP contribution in [0.25, 0.3) is 5.76 Å². The fraction of sp³-hybridized carbons (Fsp3) is 0.417. The summed E-state index contributed by atoms with van der Waals surface area (Å²) in [5, 5.41) is 11.1. The maximum absolute atomic E-state index is 13.0. The third-order valence-electron chi connectivity index (χ3n) is 5.94. The maximum Gasteiger partial charge on any atom is 0.295 e. The van der Waals surface area contributed by atoms with Crippen LogP contribution in [0.2, 0.25) is 0 Å². The zero-order valence-electron chi connectivity index (χ0n) is 18.4. The number of amides is 1. The van der Waals surface area contributed by atoms with Crippen LogP contribution in [0, 0.1) is 0 Å². The summed E-state index contributed by atoms with van der Waals surface area (Å²) < 4.78 is 16.7. The number of fused-ring (bicyclic) bond motifs is 1. The van der Waals surface area contributed by atoms with Crippen molar-refractivity contribution in [2.45, 2.75) is 26.3 Å². The van der Waals surface area contributed by atoms with Crippen molar-refractivity contribution in [3.63, 3.8) is 0 Å². The SMILES string of the molecule is CCN(CC)CCCN1C(=O)C(=O)/C(=C(/O)c2ccc3c(c2)OCCO3)[C@@H]1c1ccco1. The third-order valence-corrected chi connectivity index (χ3v) is 5.94. The van der Waals surface area contributed by atoms with Crippen LogP contribution in [0.1, 0.15) is 37.6 Å². The molecule has 2 aromatic rings. The number of furan rings is 1. The lowest BCUT2D eigenvalue weighted by atomic mass is 9.99. The maximum atomic E-state index is 13.0. The lowest BCUT2D eigenvalue weighted by Crippen LogP contribution is -2.33. The summed E-state index contributed by atoms with van der Waals surface area (Å²) in [7, 11) is 0. The van der Waals surface area contributed by atoms with Gasteiger partial charge < -0.3 is 28.8 Å². The standard InChI is InChI=1S/C24H28N2O6/c1-3-25(4-2)10-6-11-26-21(18-7-5-12-30-18)20(23(28)24(26)29)22(27)16-8-9-17-19(15-16)32-14-13-31-17/h5,7-9,12,15,21,27H,3-4,6,10-11,13-14H2,1-2H3/b22-20+/t21-/m0/s1. The number of ether oxygens (including phenoxy) is 2. The zero-order valence-corrected chi connectivity index (χ0v) is 18.4. The first-order chi connectivity index (χ1) is 15.5. The number of nitrogens with zero attached hydrogens (tertiary/aromatic N) is 2. The molecular weight excluding hydrogens is 412 g/mol. The molecule has 0 bridgehead atoms. The largest absolute Gasteiger partial charge is 0.507 e. The molecule has 1 aromatic heterocycles. The average molecular weight is 440 g/mol. The lowest BCUT2D eigenvalue weighted by molar-refractivity contribution is -0.140. The predicted molar refractivity (Wildman–Crippen MR) is 118 cm³/mol. The number of benzene rings is 1. The van der Waals surface area contributed by atoms with Gasteiger partial charge >= 0.3 is 0 Å². The van der Waals surface area contributed by atoms with Crippen molar-refractivity contribution in [1.82, 2.24) is 9.80 Å². The van der Waals surface area contributed by atoms with Crippen LogP contribution in [-0.4, -0.2) is 66.0 Å². The highest BCUT2D eigenvalue weighted by Crippen LogP contribution is 2.41. The normalized spacial score (nSPS) is 19.7. The van der Waals surface area contributed by atoms with Gasteiger partial charge in [0.15, 0.2) is 11.5 Å². The summed E-state index contributed by atoms with van der Waals surface area (Å²) in [6.45, 7) is 8.06. The second kappa shape index (κ2) is 9.48. The van der Waals surface area contributed by atoms with Crippen LogP contribution in [0.4, 0.5) is 0 Å². The molecule has 1 saturated heterocycles. The fourth-order valence-corrected chi connectivity index (χ4v) is 4.20. The molecule has 170 valence electrons. The number of hydrogen-bond donors (Lipinski definition) is 1. The highest BCUT2D eigenvalue weighted by Gasteiger charge is 2.47. The molecular formula is C24H28N2O6. The summed E-state index contributed by atoms with van der Waals surface area (Å²) >= 11 is 0. The molecule has 8 nitrogen and oxygen atoms in total. The van der Waals surface area contributed by atoms with Crippen LogP contribution >= 0.6 is 0 Å². The molecule has 1 atom stereocenters. The van der Waals surface area contributed by atoms with Crippen molar-refractivity contribution in [3.05, 3.63) is 53.5 Å². The number of ketones is 1. The highest BCUT2D eigenvalue weighted by molar-refractivity contribution is 6.46. The number of hydrogen-bond acceptors (Lipinski definition) is 7. The van der Waals surface area contributed by atoms with E-state index in [0.29, 0.717) is 49.0 Å². The Kier molecular flexibility index (Phi) is 6.50. The fourth-order valence-electron chi connectivity index (χ4n) is 4.20. The van der Waals surface area contributed by atoms with Crippen LogP contribution in [0.15, 0.2) is 46.6 Å². The molecule has 32 heavy (non-hydrogen) atoms. The van der Waals surface area contributed by atoms with Gasteiger partial charge in [0, 0.05) is 12.1 Å². The van der Waals surface area contributed by atoms with Crippen molar-refractivity contribution >= 4 is 17.4 Å². The van der Waals surface area contributed by atoms with Gasteiger partial charge in [0.05, 0.1) is 11.8 Å². The Hall–Kier alpha value is -3.26. The van der Waals surface area contributed by atoms with E-state index in [1.54, 1.807) is 30.3 Å². The smallest absolute Gasteiger partial charge is 0.295 e. The van der Waals surface area contributed by atoms with Gasteiger partial charge in [0.25, 0.3) is 11.7 Å². The van der Waals surface area contributed by atoms with Crippen molar-refractivity contribution in [2.75, 3.05) is 39.4 Å². The van der Waals surface area contributed by atoms with Crippen molar-refractivity contribution in [2.24, 2.45) is 0 Å². The van der Waals surface area contributed by atoms with E-state index in [-0.39, 0.29) is 11.3 Å². The Bertz CT molecular complexity index is 1010. The Balaban J connectivity index is 1.68. The number of Topliss-reactive ketones (excluding diaryl/α,β-unsaturated/α-hetero) is 1. The van der Waals surface area contributed by atoms with E-state index < -0.39 is 17.7 Å². The van der Waals surface area contributed by atoms with Crippen LogP contribution in [0.5, 0.6) is 11.5 Å². The van der Waals surface area contributed by atoms with Gasteiger partial charge in [-0.05, 0) is 56.4 Å². The van der Waals surface area contributed by atoms with Crippen LogP contribution in [-0.2, 0) is 9.59 Å². The highest BCUT2D eigenvalue weighted by atomic mass is 16.6.